The number of unbranched alkanes of at least 4 members (excludes halogenated alkanes) is 8. The highest BCUT2D eigenvalue weighted by Crippen LogP contribution is 2.18. The highest BCUT2D eigenvalue weighted by molar-refractivity contribution is 5.88. The number of benzene rings is 1. The Morgan fingerprint density at radius 3 is 2.13 bits per heavy atom. The molecule has 0 heterocycles. The third-order valence-corrected chi connectivity index (χ3v) is 6.00. The van der Waals surface area contributed by atoms with Gasteiger partial charge in [0.05, 0.1) is 19.6 Å². The van der Waals surface area contributed by atoms with Crippen molar-refractivity contribution >= 4 is 23.6 Å². The van der Waals surface area contributed by atoms with Gasteiger partial charge in [-0.2, -0.15) is 0 Å². The maximum atomic E-state index is 12.6. The van der Waals surface area contributed by atoms with E-state index < -0.39 is 30.1 Å². The first-order valence-electron chi connectivity index (χ1n) is 14.2. The van der Waals surface area contributed by atoms with Gasteiger partial charge < -0.3 is 24.6 Å². The van der Waals surface area contributed by atoms with Gasteiger partial charge >= 0.3 is 17.9 Å². The Labute approximate surface area is 233 Å². The number of esters is 3. The summed E-state index contributed by atoms with van der Waals surface area (Å²) in [7, 11) is 0. The van der Waals surface area contributed by atoms with Gasteiger partial charge in [0.15, 0.2) is 6.10 Å². The van der Waals surface area contributed by atoms with Crippen LogP contribution in [-0.2, 0) is 35.0 Å². The smallest absolute Gasteiger partial charge is 0.350 e. The lowest BCUT2D eigenvalue weighted by molar-refractivity contribution is -0.183. The van der Waals surface area contributed by atoms with Crippen LogP contribution in [-0.4, -0.2) is 55.0 Å². The molecular formula is C31H47NO7. The molecule has 0 saturated carbocycles. The molecule has 8 nitrogen and oxygen atoms in total. The summed E-state index contributed by atoms with van der Waals surface area (Å²) in [6, 6.07) is 7.31. The van der Waals surface area contributed by atoms with Crippen molar-refractivity contribution < 1.29 is 33.7 Å². The number of ether oxygens (including phenoxy) is 3. The van der Waals surface area contributed by atoms with Crippen LogP contribution in [0.25, 0.3) is 0 Å². The van der Waals surface area contributed by atoms with Crippen molar-refractivity contribution in [1.82, 2.24) is 0 Å². The first-order valence-corrected chi connectivity index (χ1v) is 14.2. The molecule has 0 aliphatic rings. The van der Waals surface area contributed by atoms with Crippen molar-refractivity contribution in [2.75, 3.05) is 25.1 Å². The molecule has 0 aliphatic carbocycles. The zero-order chi connectivity index (χ0) is 28.7. The van der Waals surface area contributed by atoms with E-state index in [0.29, 0.717) is 5.56 Å². The van der Waals surface area contributed by atoms with Gasteiger partial charge in [0.2, 0.25) is 6.10 Å². The minimum absolute atomic E-state index is 0.00107. The van der Waals surface area contributed by atoms with Gasteiger partial charge in [-0.1, -0.05) is 62.1 Å². The minimum atomic E-state index is -1.97. The van der Waals surface area contributed by atoms with Crippen LogP contribution >= 0.6 is 0 Å². The van der Waals surface area contributed by atoms with E-state index in [-0.39, 0.29) is 19.6 Å². The highest BCUT2D eigenvalue weighted by atomic mass is 16.6. The third-order valence-electron chi connectivity index (χ3n) is 6.00. The lowest BCUT2D eigenvalue weighted by Crippen LogP contribution is -2.45. The van der Waals surface area contributed by atoms with Crippen LogP contribution in [0.3, 0.4) is 0 Å². The standard InChI is InChI=1S/C31H47NO7/c1-4-7-8-9-10-11-12-13-14-15-16-17-20-23-32-26-22-19-18-21-25(26)24-27(33)39-29(31(36)38-6-3)28(34)30(35)37-5-2/h4,15-16,18-19,21-22,28-29,32,34H,1,5-14,17,20,23-24H2,2-3H3. The fraction of sp³-hybridized carbons (Fsp3) is 0.581. The number of carbonyl (C=O) groups excluding carboxylic acids is 3. The van der Waals surface area contributed by atoms with Crippen LogP contribution in [0.2, 0.25) is 0 Å². The Balaban J connectivity index is 2.45. The van der Waals surface area contributed by atoms with E-state index in [0.717, 1.165) is 37.9 Å². The summed E-state index contributed by atoms with van der Waals surface area (Å²) >= 11 is 0. The van der Waals surface area contributed by atoms with Crippen LogP contribution in [0, 0.1) is 0 Å². The lowest BCUT2D eigenvalue weighted by Gasteiger charge is -2.20. The van der Waals surface area contributed by atoms with Crippen molar-refractivity contribution in [2.24, 2.45) is 0 Å². The first kappa shape index (κ1) is 33.9. The number of allylic oxidation sites excluding steroid dienone is 3. The molecule has 2 unspecified atom stereocenters. The molecule has 0 spiro atoms. The molecule has 39 heavy (non-hydrogen) atoms. The quantitative estimate of drug-likeness (QED) is 0.0828. The molecule has 218 valence electrons. The largest absolute Gasteiger partial charge is 0.464 e. The van der Waals surface area contributed by atoms with E-state index in [4.69, 9.17) is 14.2 Å². The fourth-order valence-corrected chi connectivity index (χ4v) is 3.94. The zero-order valence-corrected chi connectivity index (χ0v) is 23.7. The second-order valence-corrected chi connectivity index (χ2v) is 9.22. The molecule has 0 saturated heterocycles. The Morgan fingerprint density at radius 1 is 0.872 bits per heavy atom. The average molecular weight is 546 g/mol. The number of anilines is 1. The van der Waals surface area contributed by atoms with Gasteiger partial charge in [-0.25, -0.2) is 9.59 Å². The molecular weight excluding hydrogens is 498 g/mol. The van der Waals surface area contributed by atoms with Crippen LogP contribution in [0.15, 0.2) is 49.1 Å². The molecule has 0 fully saturated rings. The number of para-hydroxylation sites is 1. The Kier molecular flexibility index (Phi) is 18.9. The predicted octanol–water partition coefficient (Wildman–Crippen LogP) is 5.68. The Hall–Kier alpha value is -3.13. The SMILES string of the molecule is C=CCCCCCCCCC=CCCCNc1ccccc1CC(=O)OC(C(=O)OCC)C(O)C(=O)OCC. The van der Waals surface area contributed by atoms with E-state index in [2.05, 4.69) is 24.0 Å². The van der Waals surface area contributed by atoms with E-state index >= 15 is 0 Å². The van der Waals surface area contributed by atoms with Crippen LogP contribution < -0.4 is 5.32 Å². The van der Waals surface area contributed by atoms with E-state index in [1.54, 1.807) is 26.0 Å². The molecule has 0 aromatic heterocycles. The van der Waals surface area contributed by atoms with Crippen LogP contribution in [0.5, 0.6) is 0 Å². The maximum Gasteiger partial charge on any atom is 0.350 e. The van der Waals surface area contributed by atoms with E-state index in [9.17, 15) is 19.5 Å². The second-order valence-electron chi connectivity index (χ2n) is 9.22. The zero-order valence-electron chi connectivity index (χ0n) is 23.7. The first-order chi connectivity index (χ1) is 18.9. The number of rotatable bonds is 22. The molecule has 1 rings (SSSR count). The van der Waals surface area contributed by atoms with Crippen molar-refractivity contribution in [2.45, 2.75) is 96.7 Å². The normalized spacial score (nSPS) is 12.5. The van der Waals surface area contributed by atoms with Gasteiger partial charge in [-0.15, -0.1) is 6.58 Å². The number of hydrogen-bond acceptors (Lipinski definition) is 8. The molecule has 0 radical (unpaired) electrons. The van der Waals surface area contributed by atoms with Crippen LogP contribution in [0.4, 0.5) is 5.69 Å². The average Bonchev–Trinajstić information content (AvgIpc) is 2.92. The monoisotopic (exact) mass is 545 g/mol. The van der Waals surface area contributed by atoms with Crippen molar-refractivity contribution in [3.05, 3.63) is 54.6 Å². The van der Waals surface area contributed by atoms with Crippen molar-refractivity contribution in [1.29, 1.82) is 0 Å². The van der Waals surface area contributed by atoms with Gasteiger partial charge in [0, 0.05) is 12.2 Å². The summed E-state index contributed by atoms with van der Waals surface area (Å²) in [5.74, 6) is -2.84. The number of hydrogen-bond donors (Lipinski definition) is 2. The van der Waals surface area contributed by atoms with Crippen molar-refractivity contribution in [3.63, 3.8) is 0 Å². The molecule has 8 heteroatoms. The van der Waals surface area contributed by atoms with E-state index in [1.807, 2.05) is 18.2 Å². The summed E-state index contributed by atoms with van der Waals surface area (Å²) in [6.07, 6.45) is 14.4. The van der Waals surface area contributed by atoms with E-state index in [1.165, 1.54) is 38.5 Å². The Bertz CT molecular complexity index is 883. The number of carbonyl (C=O) groups is 3. The number of nitrogens with one attached hydrogen (secondary N) is 1. The third kappa shape index (κ3) is 15.1. The predicted molar refractivity (Wildman–Crippen MR) is 153 cm³/mol. The summed E-state index contributed by atoms with van der Waals surface area (Å²) < 4.78 is 14.8. The lowest BCUT2D eigenvalue weighted by atomic mass is 10.1. The number of aliphatic hydroxyl groups excluding tert-OH is 1. The topological polar surface area (TPSA) is 111 Å². The molecule has 2 atom stereocenters. The molecule has 2 N–H and O–H groups in total. The fourth-order valence-electron chi connectivity index (χ4n) is 3.94. The molecule has 1 aromatic carbocycles. The summed E-state index contributed by atoms with van der Waals surface area (Å²) in [4.78, 5) is 36.8. The maximum absolute atomic E-state index is 12.6. The summed E-state index contributed by atoms with van der Waals surface area (Å²) in [5, 5.41) is 13.5. The van der Waals surface area contributed by atoms with Gasteiger partial charge in [0.1, 0.15) is 0 Å². The molecule has 0 amide bonds. The minimum Gasteiger partial charge on any atom is -0.464 e. The van der Waals surface area contributed by atoms with Crippen LogP contribution in [0.1, 0.15) is 83.6 Å². The summed E-state index contributed by atoms with van der Waals surface area (Å²) in [6.45, 7) is 7.62. The second kappa shape index (κ2) is 21.8. The van der Waals surface area contributed by atoms with Gasteiger partial charge in [-0.05, 0) is 64.0 Å². The highest BCUT2D eigenvalue weighted by Gasteiger charge is 2.38. The molecule has 0 aliphatic heterocycles. The summed E-state index contributed by atoms with van der Waals surface area (Å²) in [5.41, 5.74) is 1.46. The Morgan fingerprint density at radius 2 is 1.46 bits per heavy atom. The molecule has 0 bridgehead atoms. The van der Waals surface area contributed by atoms with Crippen molar-refractivity contribution in [3.8, 4) is 0 Å². The molecule has 1 aromatic rings. The van der Waals surface area contributed by atoms with Gasteiger partial charge in [0.25, 0.3) is 0 Å². The van der Waals surface area contributed by atoms with Gasteiger partial charge in [-0.3, -0.25) is 4.79 Å². The number of aliphatic hydroxyl groups is 1.